The number of nitrogens with one attached hydrogen (secondary N) is 1. The summed E-state index contributed by atoms with van der Waals surface area (Å²) in [4.78, 5) is 11.9. The average molecular weight is 360 g/mol. The minimum absolute atomic E-state index is 0.00759. The van der Waals surface area contributed by atoms with Gasteiger partial charge in [-0.05, 0) is 58.4 Å². The number of alkyl halides is 3. The lowest BCUT2D eigenvalue weighted by atomic mass is 10.1. The largest absolute Gasteiger partial charge is 0.508 e. The van der Waals surface area contributed by atoms with Gasteiger partial charge in [-0.25, -0.2) is 0 Å². The quantitative estimate of drug-likeness (QED) is 0.833. The van der Waals surface area contributed by atoms with E-state index in [1.54, 1.807) is 0 Å². The van der Waals surface area contributed by atoms with Crippen LogP contribution >= 0.6 is 15.9 Å². The summed E-state index contributed by atoms with van der Waals surface area (Å²) < 4.78 is 38.3. The number of phenolic OH excluding ortho intramolecular Hbond substituents is 1. The second kappa shape index (κ2) is 5.77. The number of carbonyl (C=O) groups is 1. The van der Waals surface area contributed by atoms with E-state index in [0.29, 0.717) is 4.47 Å². The number of hydrogen-bond donors (Lipinski definition) is 2. The molecule has 0 bridgehead atoms. The Hall–Kier alpha value is -2.02. The summed E-state index contributed by atoms with van der Waals surface area (Å²) in [5.41, 5.74) is -0.619. The lowest BCUT2D eigenvalue weighted by Crippen LogP contribution is -2.13. The van der Waals surface area contributed by atoms with Gasteiger partial charge in [-0.2, -0.15) is 13.2 Å². The van der Waals surface area contributed by atoms with Gasteiger partial charge in [0.05, 0.1) is 11.3 Å². The van der Waals surface area contributed by atoms with Gasteiger partial charge in [-0.1, -0.05) is 0 Å². The Balaban J connectivity index is 2.26. The van der Waals surface area contributed by atoms with Gasteiger partial charge >= 0.3 is 6.18 Å². The molecule has 21 heavy (non-hydrogen) atoms. The molecule has 2 aromatic carbocycles. The highest BCUT2D eigenvalue weighted by Crippen LogP contribution is 2.34. The Morgan fingerprint density at radius 2 is 1.71 bits per heavy atom. The van der Waals surface area contributed by atoms with E-state index in [4.69, 9.17) is 5.11 Å². The number of phenols is 1. The van der Waals surface area contributed by atoms with Crippen LogP contribution in [-0.2, 0) is 6.18 Å². The van der Waals surface area contributed by atoms with Crippen LogP contribution in [0.2, 0.25) is 0 Å². The summed E-state index contributed by atoms with van der Waals surface area (Å²) >= 11 is 3.09. The first-order chi connectivity index (χ1) is 9.77. The van der Waals surface area contributed by atoms with Crippen molar-refractivity contribution in [3.8, 4) is 5.75 Å². The van der Waals surface area contributed by atoms with Crippen molar-refractivity contribution in [1.29, 1.82) is 0 Å². The van der Waals surface area contributed by atoms with E-state index in [1.165, 1.54) is 30.3 Å². The van der Waals surface area contributed by atoms with Crippen LogP contribution in [0.3, 0.4) is 0 Å². The topological polar surface area (TPSA) is 49.3 Å². The lowest BCUT2D eigenvalue weighted by Gasteiger charge is -2.12. The van der Waals surface area contributed by atoms with Crippen LogP contribution in [0.5, 0.6) is 5.75 Å². The van der Waals surface area contributed by atoms with E-state index < -0.39 is 17.6 Å². The van der Waals surface area contributed by atoms with Crippen molar-refractivity contribution in [3.63, 3.8) is 0 Å². The third kappa shape index (κ3) is 3.75. The highest BCUT2D eigenvalue weighted by Gasteiger charge is 2.31. The van der Waals surface area contributed by atoms with Crippen LogP contribution < -0.4 is 5.32 Å². The summed E-state index contributed by atoms with van der Waals surface area (Å²) in [5, 5.41) is 11.5. The summed E-state index contributed by atoms with van der Waals surface area (Å²) in [7, 11) is 0. The standard InChI is InChI=1S/C14H9BrF3NO2/c15-11-6-3-9(14(16,17)18)7-12(11)19-13(21)8-1-4-10(20)5-2-8/h1-7,20H,(H,19,21). The van der Waals surface area contributed by atoms with E-state index in [-0.39, 0.29) is 17.0 Å². The molecule has 0 aromatic heterocycles. The molecule has 0 fully saturated rings. The molecule has 0 aliphatic carbocycles. The molecule has 0 unspecified atom stereocenters. The Morgan fingerprint density at radius 1 is 1.10 bits per heavy atom. The number of hydrogen-bond acceptors (Lipinski definition) is 2. The van der Waals surface area contributed by atoms with Gasteiger partial charge in [0, 0.05) is 10.0 Å². The second-order valence-corrected chi connectivity index (χ2v) is 5.05. The molecule has 0 aliphatic heterocycles. The minimum atomic E-state index is -4.49. The van der Waals surface area contributed by atoms with Crippen LogP contribution in [-0.4, -0.2) is 11.0 Å². The van der Waals surface area contributed by atoms with Crippen LogP contribution in [0, 0.1) is 0 Å². The zero-order valence-electron chi connectivity index (χ0n) is 10.4. The zero-order chi connectivity index (χ0) is 15.6. The van der Waals surface area contributed by atoms with Crippen molar-refractivity contribution in [2.24, 2.45) is 0 Å². The highest BCUT2D eigenvalue weighted by molar-refractivity contribution is 9.10. The van der Waals surface area contributed by atoms with Gasteiger partial charge in [-0.15, -0.1) is 0 Å². The van der Waals surface area contributed by atoms with Crippen LogP contribution in [0.4, 0.5) is 18.9 Å². The average Bonchev–Trinajstić information content (AvgIpc) is 2.40. The number of benzene rings is 2. The molecular weight excluding hydrogens is 351 g/mol. The first kappa shape index (κ1) is 15.4. The van der Waals surface area contributed by atoms with Crippen molar-refractivity contribution >= 4 is 27.5 Å². The van der Waals surface area contributed by atoms with Crippen molar-refractivity contribution < 1.29 is 23.1 Å². The fourth-order valence-corrected chi connectivity index (χ4v) is 1.95. The third-order valence-corrected chi connectivity index (χ3v) is 3.36. The van der Waals surface area contributed by atoms with Crippen molar-refractivity contribution in [2.75, 3.05) is 5.32 Å². The number of rotatable bonds is 2. The Kier molecular flexibility index (Phi) is 4.22. The van der Waals surface area contributed by atoms with Crippen molar-refractivity contribution in [1.82, 2.24) is 0 Å². The number of carbonyl (C=O) groups excluding carboxylic acids is 1. The molecule has 0 saturated heterocycles. The first-order valence-electron chi connectivity index (χ1n) is 5.74. The molecule has 0 aliphatic rings. The van der Waals surface area contributed by atoms with Gasteiger partial charge in [0.25, 0.3) is 5.91 Å². The van der Waals surface area contributed by atoms with Gasteiger partial charge in [0.1, 0.15) is 5.75 Å². The normalized spacial score (nSPS) is 11.2. The molecule has 2 N–H and O–H groups in total. The molecule has 0 saturated carbocycles. The van der Waals surface area contributed by atoms with Gasteiger partial charge < -0.3 is 10.4 Å². The maximum Gasteiger partial charge on any atom is 0.416 e. The Bertz CT molecular complexity index is 669. The van der Waals surface area contributed by atoms with Gasteiger partial charge in [-0.3, -0.25) is 4.79 Å². The zero-order valence-corrected chi connectivity index (χ0v) is 12.0. The summed E-state index contributed by atoms with van der Waals surface area (Å²) in [6.07, 6.45) is -4.49. The van der Waals surface area contributed by atoms with E-state index in [1.807, 2.05) is 0 Å². The van der Waals surface area contributed by atoms with Crippen LogP contribution in [0.25, 0.3) is 0 Å². The lowest BCUT2D eigenvalue weighted by molar-refractivity contribution is -0.137. The first-order valence-corrected chi connectivity index (χ1v) is 6.54. The molecule has 0 atom stereocenters. The van der Waals surface area contributed by atoms with Crippen LogP contribution in [0.1, 0.15) is 15.9 Å². The minimum Gasteiger partial charge on any atom is -0.508 e. The molecule has 7 heteroatoms. The predicted octanol–water partition coefficient (Wildman–Crippen LogP) is 4.43. The number of anilines is 1. The van der Waals surface area contributed by atoms with Crippen molar-refractivity contribution in [3.05, 3.63) is 58.1 Å². The molecule has 1 amide bonds. The molecule has 0 spiro atoms. The Morgan fingerprint density at radius 3 is 2.29 bits per heavy atom. The molecule has 110 valence electrons. The number of amides is 1. The van der Waals surface area contributed by atoms with E-state index in [2.05, 4.69) is 21.2 Å². The summed E-state index contributed by atoms with van der Waals surface area (Å²) in [6.45, 7) is 0. The Labute approximate surface area is 126 Å². The smallest absolute Gasteiger partial charge is 0.416 e. The molecule has 0 radical (unpaired) electrons. The third-order valence-electron chi connectivity index (χ3n) is 2.67. The summed E-state index contributed by atoms with van der Waals surface area (Å²) in [5.74, 6) is -0.582. The van der Waals surface area contributed by atoms with Crippen molar-refractivity contribution in [2.45, 2.75) is 6.18 Å². The maximum absolute atomic E-state index is 12.6. The fourth-order valence-electron chi connectivity index (χ4n) is 1.60. The molecule has 0 heterocycles. The van der Waals surface area contributed by atoms with Crippen LogP contribution in [0.15, 0.2) is 46.9 Å². The van der Waals surface area contributed by atoms with Gasteiger partial charge in [0.2, 0.25) is 0 Å². The number of aromatic hydroxyl groups is 1. The van der Waals surface area contributed by atoms with E-state index in [9.17, 15) is 18.0 Å². The molecule has 3 nitrogen and oxygen atoms in total. The monoisotopic (exact) mass is 359 g/mol. The maximum atomic E-state index is 12.6. The van der Waals surface area contributed by atoms with E-state index in [0.717, 1.165) is 12.1 Å². The molecule has 2 rings (SSSR count). The van der Waals surface area contributed by atoms with E-state index >= 15 is 0 Å². The second-order valence-electron chi connectivity index (χ2n) is 4.19. The predicted molar refractivity (Wildman–Crippen MR) is 75.2 cm³/mol. The SMILES string of the molecule is O=C(Nc1cc(C(F)(F)F)ccc1Br)c1ccc(O)cc1. The molecular formula is C14H9BrF3NO2. The highest BCUT2D eigenvalue weighted by atomic mass is 79.9. The van der Waals surface area contributed by atoms with Gasteiger partial charge in [0.15, 0.2) is 0 Å². The molecule has 2 aromatic rings. The number of halogens is 4. The fraction of sp³-hybridized carbons (Fsp3) is 0.0714. The summed E-state index contributed by atoms with van der Waals surface area (Å²) in [6, 6.07) is 8.35.